The lowest BCUT2D eigenvalue weighted by Crippen LogP contribution is -2.44. The predicted molar refractivity (Wildman–Crippen MR) is 103 cm³/mol. The molecule has 142 valence electrons. The normalized spacial score (nSPS) is 24.3. The fourth-order valence-electron chi connectivity index (χ4n) is 4.07. The molecule has 2 amide bonds. The second kappa shape index (κ2) is 7.78. The van der Waals surface area contributed by atoms with Crippen LogP contribution in [0.1, 0.15) is 50.2 Å². The average Bonchev–Trinajstić information content (AvgIpc) is 3.25. The summed E-state index contributed by atoms with van der Waals surface area (Å²) in [5, 5.41) is 6.21. The van der Waals surface area contributed by atoms with Crippen LogP contribution in [0.3, 0.4) is 0 Å². The van der Waals surface area contributed by atoms with Gasteiger partial charge in [-0.15, -0.1) is 0 Å². The van der Waals surface area contributed by atoms with Gasteiger partial charge in [-0.05, 0) is 57.2 Å². The quantitative estimate of drug-likeness (QED) is 0.786. The lowest BCUT2D eigenvalue weighted by atomic mass is 9.99. The highest BCUT2D eigenvalue weighted by atomic mass is 16.2. The summed E-state index contributed by atoms with van der Waals surface area (Å²) in [6.07, 6.45) is 5.65. The minimum Gasteiger partial charge on any atom is -0.355 e. The number of carbonyl (C=O) groups is 2. The molecule has 1 heterocycles. The number of likely N-dealkylation sites (N-methyl/N-ethyl adjacent to an activating group) is 1. The summed E-state index contributed by atoms with van der Waals surface area (Å²) in [4.78, 5) is 26.0. The number of likely N-dealkylation sites (tertiary alicyclic amines) is 1. The van der Waals surface area contributed by atoms with E-state index in [-0.39, 0.29) is 23.4 Å². The smallest absolute Gasteiger partial charge is 0.222 e. The lowest BCUT2D eigenvalue weighted by Gasteiger charge is -2.26. The van der Waals surface area contributed by atoms with Crippen molar-refractivity contribution in [2.45, 2.75) is 70.0 Å². The number of nitrogens with zero attached hydrogens (tertiary/aromatic N) is 1. The maximum absolute atomic E-state index is 12.6. The van der Waals surface area contributed by atoms with E-state index in [4.69, 9.17) is 0 Å². The van der Waals surface area contributed by atoms with E-state index in [1.807, 2.05) is 0 Å². The Balaban J connectivity index is 1.50. The fraction of sp³-hybridized carbons (Fsp3) is 0.619. The van der Waals surface area contributed by atoms with E-state index in [0.29, 0.717) is 19.0 Å². The molecule has 0 aromatic heterocycles. The molecule has 2 fully saturated rings. The molecule has 3 rings (SSSR count). The van der Waals surface area contributed by atoms with Crippen molar-refractivity contribution in [3.63, 3.8) is 0 Å². The van der Waals surface area contributed by atoms with E-state index in [1.54, 1.807) is 6.92 Å². The van der Waals surface area contributed by atoms with Crippen molar-refractivity contribution in [3.05, 3.63) is 35.4 Å². The van der Waals surface area contributed by atoms with Gasteiger partial charge in [0.2, 0.25) is 11.8 Å². The Morgan fingerprint density at radius 2 is 1.88 bits per heavy atom. The van der Waals surface area contributed by atoms with Gasteiger partial charge in [0.25, 0.3) is 0 Å². The predicted octanol–water partition coefficient (Wildman–Crippen LogP) is 2.18. The van der Waals surface area contributed by atoms with Gasteiger partial charge in [-0.25, -0.2) is 0 Å². The number of rotatable bonds is 7. The Kier molecular flexibility index (Phi) is 5.66. The molecular weight excluding hydrogens is 326 g/mol. The molecule has 26 heavy (non-hydrogen) atoms. The first-order valence-electron chi connectivity index (χ1n) is 9.70. The molecule has 2 aliphatic rings. The van der Waals surface area contributed by atoms with E-state index in [0.717, 1.165) is 32.1 Å². The van der Waals surface area contributed by atoms with Gasteiger partial charge in [0.1, 0.15) is 0 Å². The zero-order valence-electron chi connectivity index (χ0n) is 16.2. The Morgan fingerprint density at radius 3 is 2.54 bits per heavy atom. The Hall–Kier alpha value is -1.88. The number of aryl methyl sites for hydroxylation is 1. The van der Waals surface area contributed by atoms with Crippen LogP contribution in [0.5, 0.6) is 0 Å². The van der Waals surface area contributed by atoms with Crippen molar-refractivity contribution in [3.8, 4) is 0 Å². The van der Waals surface area contributed by atoms with Crippen LogP contribution in [0.25, 0.3) is 0 Å². The van der Waals surface area contributed by atoms with Crippen LogP contribution in [0.2, 0.25) is 0 Å². The van der Waals surface area contributed by atoms with Crippen molar-refractivity contribution in [1.82, 2.24) is 15.5 Å². The maximum Gasteiger partial charge on any atom is 0.222 e. The topological polar surface area (TPSA) is 61.4 Å². The largest absolute Gasteiger partial charge is 0.355 e. The van der Waals surface area contributed by atoms with Gasteiger partial charge < -0.3 is 10.6 Å². The third kappa shape index (κ3) is 4.64. The first-order chi connectivity index (χ1) is 12.4. The van der Waals surface area contributed by atoms with Gasteiger partial charge >= 0.3 is 0 Å². The summed E-state index contributed by atoms with van der Waals surface area (Å²) in [5.41, 5.74) is 2.60. The van der Waals surface area contributed by atoms with Crippen molar-refractivity contribution >= 4 is 11.8 Å². The van der Waals surface area contributed by atoms with E-state index in [1.165, 1.54) is 11.1 Å². The number of amides is 2. The molecule has 5 nitrogen and oxygen atoms in total. The van der Waals surface area contributed by atoms with E-state index >= 15 is 0 Å². The molecule has 0 radical (unpaired) electrons. The number of hydrogen-bond donors (Lipinski definition) is 2. The minimum absolute atomic E-state index is 0.00599. The van der Waals surface area contributed by atoms with Gasteiger partial charge in [-0.2, -0.15) is 0 Å². The number of carbonyl (C=O) groups excluding carboxylic acids is 2. The second-order valence-electron chi connectivity index (χ2n) is 8.12. The van der Waals surface area contributed by atoms with Crippen LogP contribution in [-0.2, 0) is 16.0 Å². The fourth-order valence-corrected chi connectivity index (χ4v) is 4.07. The molecule has 2 atom stereocenters. The zero-order chi connectivity index (χ0) is 18.7. The van der Waals surface area contributed by atoms with Gasteiger partial charge in [0, 0.05) is 37.5 Å². The number of hydrogen-bond acceptors (Lipinski definition) is 3. The second-order valence-corrected chi connectivity index (χ2v) is 8.12. The van der Waals surface area contributed by atoms with Crippen molar-refractivity contribution < 1.29 is 9.59 Å². The van der Waals surface area contributed by atoms with E-state index < -0.39 is 0 Å². The van der Waals surface area contributed by atoms with Crippen LogP contribution in [0, 0.1) is 6.92 Å². The summed E-state index contributed by atoms with van der Waals surface area (Å²) >= 11 is 0. The molecule has 0 bridgehead atoms. The molecule has 1 aliphatic carbocycles. The molecule has 0 spiro atoms. The third-order valence-corrected chi connectivity index (χ3v) is 6.04. The highest BCUT2D eigenvalue weighted by Crippen LogP contribution is 2.39. The minimum atomic E-state index is -0.0318. The summed E-state index contributed by atoms with van der Waals surface area (Å²) < 4.78 is 0. The molecular formula is C21H31N3O2. The molecule has 0 unspecified atom stereocenters. The molecule has 2 N–H and O–H groups in total. The summed E-state index contributed by atoms with van der Waals surface area (Å²) in [7, 11) is 2.07. The van der Waals surface area contributed by atoms with Crippen molar-refractivity contribution in [2.24, 2.45) is 0 Å². The molecule has 5 heteroatoms. The van der Waals surface area contributed by atoms with Gasteiger partial charge in [0.05, 0.1) is 0 Å². The standard InChI is InChI=1S/C21H31N3O2/c1-15-6-4-5-7-17(15)13-21(10-11-21)23-20(26)12-18-8-9-19(24(18)3)14-22-16(2)25/h4-7,18-19H,8-14H2,1-3H3,(H,22,25)(H,23,26)/t18-,19+/m0/s1. The first-order valence-corrected chi connectivity index (χ1v) is 9.70. The van der Waals surface area contributed by atoms with Crippen LogP contribution in [0.15, 0.2) is 24.3 Å². The Morgan fingerprint density at radius 1 is 1.19 bits per heavy atom. The van der Waals surface area contributed by atoms with E-state index in [2.05, 4.69) is 53.8 Å². The summed E-state index contributed by atoms with van der Waals surface area (Å²) in [6.45, 7) is 4.35. The van der Waals surface area contributed by atoms with Gasteiger partial charge in [-0.1, -0.05) is 24.3 Å². The van der Waals surface area contributed by atoms with Crippen LogP contribution in [0.4, 0.5) is 0 Å². The summed E-state index contributed by atoms with van der Waals surface area (Å²) in [5.74, 6) is 0.166. The molecule has 1 saturated carbocycles. The number of benzene rings is 1. The number of nitrogens with one attached hydrogen (secondary N) is 2. The van der Waals surface area contributed by atoms with Gasteiger partial charge in [-0.3, -0.25) is 14.5 Å². The summed E-state index contributed by atoms with van der Waals surface area (Å²) in [6, 6.07) is 9.03. The average molecular weight is 357 g/mol. The molecule has 1 saturated heterocycles. The monoisotopic (exact) mass is 357 g/mol. The Labute approximate surface area is 156 Å². The molecule has 1 aliphatic heterocycles. The van der Waals surface area contributed by atoms with E-state index in [9.17, 15) is 9.59 Å². The Bertz CT molecular complexity index is 669. The van der Waals surface area contributed by atoms with Crippen molar-refractivity contribution in [1.29, 1.82) is 0 Å². The zero-order valence-corrected chi connectivity index (χ0v) is 16.2. The molecule has 1 aromatic carbocycles. The first kappa shape index (κ1) is 18.9. The van der Waals surface area contributed by atoms with Crippen LogP contribution in [-0.4, -0.2) is 47.9 Å². The highest BCUT2D eigenvalue weighted by Gasteiger charge is 2.44. The molecule has 1 aromatic rings. The highest BCUT2D eigenvalue weighted by molar-refractivity contribution is 5.78. The van der Waals surface area contributed by atoms with Crippen LogP contribution >= 0.6 is 0 Å². The van der Waals surface area contributed by atoms with Crippen LogP contribution < -0.4 is 10.6 Å². The van der Waals surface area contributed by atoms with Gasteiger partial charge in [0.15, 0.2) is 0 Å². The maximum atomic E-state index is 12.6. The lowest BCUT2D eigenvalue weighted by molar-refractivity contribution is -0.123. The van der Waals surface area contributed by atoms with Crippen molar-refractivity contribution in [2.75, 3.05) is 13.6 Å². The third-order valence-electron chi connectivity index (χ3n) is 6.04. The SMILES string of the molecule is CC(=O)NC[C@H]1CC[C@@H](CC(=O)NC2(Cc3ccccc3C)CC2)N1C.